The minimum Gasteiger partial charge on any atom is -0.221 e. The fourth-order valence-electron chi connectivity index (χ4n) is 2.31. The van der Waals surface area contributed by atoms with Gasteiger partial charge in [-0.15, -0.1) is 5.10 Å². The summed E-state index contributed by atoms with van der Waals surface area (Å²) in [6.07, 6.45) is 0. The highest BCUT2D eigenvalue weighted by atomic mass is 35.5. The third kappa shape index (κ3) is 2.85. The normalized spacial score (nSPS) is 10.9. The molecule has 0 atom stereocenters. The molecule has 0 saturated carbocycles. The van der Waals surface area contributed by atoms with Crippen molar-refractivity contribution in [2.45, 2.75) is 20.4 Å². The molecule has 112 valence electrons. The Morgan fingerprint density at radius 2 is 1.91 bits per heavy atom. The van der Waals surface area contributed by atoms with Gasteiger partial charge >= 0.3 is 0 Å². The minimum absolute atomic E-state index is 0.459. The lowest BCUT2D eigenvalue weighted by atomic mass is 10.1. The van der Waals surface area contributed by atoms with E-state index in [0.717, 1.165) is 5.56 Å². The second kappa shape index (κ2) is 6.07. The summed E-state index contributed by atoms with van der Waals surface area (Å²) in [4.78, 5) is 0. The maximum absolute atomic E-state index is 6.28. The lowest BCUT2D eigenvalue weighted by Gasteiger charge is -2.10. The van der Waals surface area contributed by atoms with Crippen molar-refractivity contribution < 1.29 is 0 Å². The van der Waals surface area contributed by atoms with Gasteiger partial charge in [0, 0.05) is 5.56 Å². The SMILES string of the molecule is Cc1ccc(C)c(Cn2nnnc2-c2cccc(Cl)c2Cl)c1. The van der Waals surface area contributed by atoms with Crippen molar-refractivity contribution in [3.63, 3.8) is 0 Å². The van der Waals surface area contributed by atoms with Crippen LogP contribution in [0.5, 0.6) is 0 Å². The quantitative estimate of drug-likeness (QED) is 0.717. The Labute approximate surface area is 138 Å². The van der Waals surface area contributed by atoms with Gasteiger partial charge in [-0.2, -0.15) is 0 Å². The van der Waals surface area contributed by atoms with E-state index >= 15 is 0 Å². The molecular weight excluding hydrogens is 319 g/mol. The largest absolute Gasteiger partial charge is 0.221 e. The van der Waals surface area contributed by atoms with Gasteiger partial charge in [0.1, 0.15) is 0 Å². The van der Waals surface area contributed by atoms with Crippen molar-refractivity contribution in [2.24, 2.45) is 0 Å². The zero-order valence-electron chi connectivity index (χ0n) is 12.2. The molecule has 3 aromatic rings. The zero-order valence-corrected chi connectivity index (χ0v) is 13.7. The molecule has 0 aliphatic heterocycles. The molecule has 4 nitrogen and oxygen atoms in total. The smallest absolute Gasteiger partial charge is 0.183 e. The average Bonchev–Trinajstić information content (AvgIpc) is 2.94. The predicted octanol–water partition coefficient (Wildman–Crippen LogP) is 4.31. The Bertz CT molecular complexity index is 827. The van der Waals surface area contributed by atoms with Gasteiger partial charge < -0.3 is 0 Å². The molecule has 2 aromatic carbocycles. The van der Waals surface area contributed by atoms with E-state index in [2.05, 4.69) is 47.6 Å². The Hall–Kier alpha value is -1.91. The van der Waals surface area contributed by atoms with Gasteiger partial charge in [-0.25, -0.2) is 4.68 Å². The van der Waals surface area contributed by atoms with Crippen LogP contribution in [0.4, 0.5) is 0 Å². The maximum Gasteiger partial charge on any atom is 0.183 e. The highest BCUT2D eigenvalue weighted by Gasteiger charge is 2.15. The van der Waals surface area contributed by atoms with E-state index in [1.807, 2.05) is 12.1 Å². The molecule has 0 N–H and O–H groups in total. The molecule has 0 bridgehead atoms. The first-order chi connectivity index (χ1) is 10.6. The van der Waals surface area contributed by atoms with E-state index in [-0.39, 0.29) is 0 Å². The van der Waals surface area contributed by atoms with Crippen LogP contribution < -0.4 is 0 Å². The standard InChI is InChI=1S/C16H14Cl2N4/c1-10-6-7-11(2)12(8-10)9-22-16(19-20-21-22)13-4-3-5-14(17)15(13)18/h3-8H,9H2,1-2H3. The van der Waals surface area contributed by atoms with E-state index in [1.54, 1.807) is 10.7 Å². The Morgan fingerprint density at radius 3 is 2.73 bits per heavy atom. The van der Waals surface area contributed by atoms with Gasteiger partial charge in [0.15, 0.2) is 5.82 Å². The van der Waals surface area contributed by atoms with Crippen molar-refractivity contribution in [1.82, 2.24) is 20.2 Å². The van der Waals surface area contributed by atoms with Gasteiger partial charge in [0.05, 0.1) is 16.6 Å². The number of hydrogen-bond donors (Lipinski definition) is 0. The van der Waals surface area contributed by atoms with E-state index in [4.69, 9.17) is 23.2 Å². The van der Waals surface area contributed by atoms with Gasteiger partial charge in [0.2, 0.25) is 0 Å². The second-order valence-corrected chi connectivity index (χ2v) is 5.98. The number of nitrogens with zero attached hydrogens (tertiary/aromatic N) is 4. The summed E-state index contributed by atoms with van der Waals surface area (Å²) in [7, 11) is 0. The van der Waals surface area contributed by atoms with Gasteiger partial charge in [-0.3, -0.25) is 0 Å². The molecule has 6 heteroatoms. The Kier molecular flexibility index (Phi) is 4.14. The fourth-order valence-corrected chi connectivity index (χ4v) is 2.70. The van der Waals surface area contributed by atoms with Gasteiger partial charge in [0.25, 0.3) is 0 Å². The predicted molar refractivity (Wildman–Crippen MR) is 88.3 cm³/mol. The molecule has 3 rings (SSSR count). The van der Waals surface area contributed by atoms with E-state index < -0.39 is 0 Å². The molecule has 1 heterocycles. The average molecular weight is 333 g/mol. The Morgan fingerprint density at radius 1 is 1.09 bits per heavy atom. The van der Waals surface area contributed by atoms with Gasteiger partial charge in [-0.05, 0) is 47.5 Å². The molecule has 0 amide bonds. The second-order valence-electron chi connectivity index (χ2n) is 5.19. The van der Waals surface area contributed by atoms with E-state index in [0.29, 0.717) is 22.4 Å². The summed E-state index contributed by atoms with van der Waals surface area (Å²) < 4.78 is 1.74. The fraction of sp³-hybridized carbons (Fsp3) is 0.188. The third-order valence-electron chi connectivity index (χ3n) is 3.55. The third-order valence-corrected chi connectivity index (χ3v) is 4.37. The van der Waals surface area contributed by atoms with Crippen molar-refractivity contribution in [3.8, 4) is 11.4 Å². The first-order valence-corrected chi connectivity index (χ1v) is 7.58. The number of benzene rings is 2. The van der Waals surface area contributed by atoms with Crippen LogP contribution in [0.1, 0.15) is 16.7 Å². The molecule has 0 spiro atoms. The molecule has 0 aliphatic rings. The summed E-state index contributed by atoms with van der Waals surface area (Å²) >= 11 is 12.4. The molecule has 1 aromatic heterocycles. The summed E-state index contributed by atoms with van der Waals surface area (Å²) in [5.74, 6) is 0.605. The molecule has 0 fully saturated rings. The molecule has 22 heavy (non-hydrogen) atoms. The van der Waals surface area contributed by atoms with Crippen LogP contribution in [-0.2, 0) is 6.54 Å². The van der Waals surface area contributed by atoms with Crippen LogP contribution in [0.3, 0.4) is 0 Å². The van der Waals surface area contributed by atoms with Crippen LogP contribution in [-0.4, -0.2) is 20.2 Å². The first-order valence-electron chi connectivity index (χ1n) is 6.83. The van der Waals surface area contributed by atoms with Crippen LogP contribution >= 0.6 is 23.2 Å². The number of tetrazole rings is 1. The summed E-state index contributed by atoms with van der Waals surface area (Å²) in [6.45, 7) is 4.72. The van der Waals surface area contributed by atoms with Crippen molar-refractivity contribution in [2.75, 3.05) is 0 Å². The van der Waals surface area contributed by atoms with Gasteiger partial charge in [-0.1, -0.05) is 53.0 Å². The van der Waals surface area contributed by atoms with Crippen LogP contribution in [0.15, 0.2) is 36.4 Å². The lowest BCUT2D eigenvalue weighted by Crippen LogP contribution is -2.06. The minimum atomic E-state index is 0.459. The van der Waals surface area contributed by atoms with Crippen LogP contribution in [0, 0.1) is 13.8 Å². The zero-order chi connectivity index (χ0) is 15.7. The number of aromatic nitrogens is 4. The monoisotopic (exact) mass is 332 g/mol. The van der Waals surface area contributed by atoms with Crippen molar-refractivity contribution in [1.29, 1.82) is 0 Å². The topological polar surface area (TPSA) is 43.6 Å². The van der Waals surface area contributed by atoms with Crippen LogP contribution in [0.2, 0.25) is 10.0 Å². The lowest BCUT2D eigenvalue weighted by molar-refractivity contribution is 0.651. The summed E-state index contributed by atoms with van der Waals surface area (Å²) in [5, 5.41) is 12.9. The highest BCUT2D eigenvalue weighted by Crippen LogP contribution is 2.32. The number of halogens is 2. The number of aryl methyl sites for hydroxylation is 2. The summed E-state index contributed by atoms with van der Waals surface area (Å²) in [5.41, 5.74) is 4.30. The molecule has 0 aliphatic carbocycles. The molecule has 0 radical (unpaired) electrons. The van der Waals surface area contributed by atoms with E-state index in [1.165, 1.54) is 16.7 Å². The Balaban J connectivity index is 2.03. The molecular formula is C16H14Cl2N4. The van der Waals surface area contributed by atoms with Crippen molar-refractivity contribution in [3.05, 3.63) is 63.1 Å². The van der Waals surface area contributed by atoms with Crippen LogP contribution in [0.25, 0.3) is 11.4 Å². The number of hydrogen-bond acceptors (Lipinski definition) is 3. The number of rotatable bonds is 3. The first kappa shape index (κ1) is 15.0. The van der Waals surface area contributed by atoms with Crippen molar-refractivity contribution >= 4 is 23.2 Å². The summed E-state index contributed by atoms with van der Waals surface area (Å²) in [6, 6.07) is 11.8. The highest BCUT2D eigenvalue weighted by molar-refractivity contribution is 6.43. The molecule has 0 saturated heterocycles. The maximum atomic E-state index is 6.28. The van der Waals surface area contributed by atoms with E-state index in [9.17, 15) is 0 Å². The molecule has 0 unspecified atom stereocenters.